The first-order chi connectivity index (χ1) is 9.83. The highest BCUT2D eigenvalue weighted by atomic mass is 19.4. The summed E-state index contributed by atoms with van der Waals surface area (Å²) in [4.78, 5) is 8.12. The van der Waals surface area contributed by atoms with E-state index in [0.717, 1.165) is 5.56 Å². The second-order valence-electron chi connectivity index (χ2n) is 4.80. The molecule has 0 spiro atoms. The summed E-state index contributed by atoms with van der Waals surface area (Å²) < 4.78 is 38.3. The highest BCUT2D eigenvalue weighted by molar-refractivity contribution is 5.30. The molecule has 21 heavy (non-hydrogen) atoms. The van der Waals surface area contributed by atoms with Crippen LogP contribution in [0.15, 0.2) is 24.7 Å². The maximum Gasteiger partial charge on any atom is 0.389 e. The predicted molar refractivity (Wildman–Crippen MR) is 71.7 cm³/mol. The summed E-state index contributed by atoms with van der Waals surface area (Å²) in [7, 11) is 1.81. The molecule has 0 aliphatic heterocycles. The molecule has 2 rings (SSSR count). The summed E-state index contributed by atoms with van der Waals surface area (Å²) in [6, 6.07) is 1.41. The van der Waals surface area contributed by atoms with E-state index in [1.165, 1.54) is 12.3 Å². The van der Waals surface area contributed by atoms with Crippen LogP contribution in [0.5, 0.6) is 0 Å². The number of aryl methyl sites for hydroxylation is 2. The number of nitrogens with zero attached hydrogens (tertiary/aromatic N) is 4. The minimum Gasteiger partial charge on any atom is -0.348 e. The van der Waals surface area contributed by atoms with Crippen molar-refractivity contribution in [3.8, 4) is 0 Å². The molecule has 114 valence electrons. The minimum atomic E-state index is -4.18. The molecule has 2 aromatic rings. The van der Waals surface area contributed by atoms with Crippen LogP contribution in [0, 0.1) is 0 Å². The number of alkyl halides is 3. The van der Waals surface area contributed by atoms with Gasteiger partial charge in [-0.25, -0.2) is 9.97 Å². The Labute approximate surface area is 120 Å². The van der Waals surface area contributed by atoms with Crippen LogP contribution in [0.2, 0.25) is 0 Å². The third kappa shape index (κ3) is 4.73. The van der Waals surface area contributed by atoms with Crippen LogP contribution >= 0.6 is 0 Å². The van der Waals surface area contributed by atoms with Crippen LogP contribution in [0.4, 0.5) is 19.1 Å². The lowest BCUT2D eigenvalue weighted by molar-refractivity contribution is -0.134. The van der Waals surface area contributed by atoms with Crippen molar-refractivity contribution < 1.29 is 13.2 Å². The Balaban J connectivity index is 2.00. The first kappa shape index (κ1) is 15.3. The number of hydrogen-bond donors (Lipinski definition) is 1. The van der Waals surface area contributed by atoms with Gasteiger partial charge in [0.2, 0.25) is 5.95 Å². The summed E-state index contributed by atoms with van der Waals surface area (Å²) in [5, 5.41) is 7.12. The number of hydrogen-bond acceptors (Lipinski definition) is 4. The van der Waals surface area contributed by atoms with Crippen LogP contribution in [-0.4, -0.2) is 25.9 Å². The van der Waals surface area contributed by atoms with E-state index in [-0.39, 0.29) is 12.5 Å². The number of halogens is 3. The van der Waals surface area contributed by atoms with E-state index in [4.69, 9.17) is 0 Å². The molecule has 0 fully saturated rings. The molecule has 0 saturated heterocycles. The largest absolute Gasteiger partial charge is 0.389 e. The summed E-state index contributed by atoms with van der Waals surface area (Å²) >= 11 is 0. The Morgan fingerprint density at radius 1 is 1.38 bits per heavy atom. The molecular formula is C13H16F3N5. The fourth-order valence-electron chi connectivity index (χ4n) is 1.82. The van der Waals surface area contributed by atoms with E-state index in [9.17, 15) is 13.2 Å². The maximum atomic E-state index is 12.2. The molecule has 2 aromatic heterocycles. The Hall–Kier alpha value is -2.12. The molecule has 2 heterocycles. The molecule has 0 radical (unpaired) electrons. The van der Waals surface area contributed by atoms with E-state index in [1.807, 2.05) is 20.2 Å². The topological polar surface area (TPSA) is 55.6 Å². The fraction of sp³-hybridized carbons (Fsp3) is 0.462. The van der Waals surface area contributed by atoms with E-state index in [2.05, 4.69) is 20.4 Å². The molecule has 0 aliphatic rings. The van der Waals surface area contributed by atoms with Gasteiger partial charge in [-0.3, -0.25) is 4.68 Å². The standard InChI is InChI=1S/C13H16F3N5/c1-9(10-7-18-21(2)8-10)19-12-17-6-4-11(20-12)3-5-13(14,15)16/h4,6-9H,3,5H2,1-2H3,(H,17,19,20)/t9-/m0/s1. The van der Waals surface area contributed by atoms with Crippen LogP contribution in [-0.2, 0) is 13.5 Å². The molecular weight excluding hydrogens is 283 g/mol. The van der Waals surface area contributed by atoms with E-state index >= 15 is 0 Å². The zero-order valence-corrected chi connectivity index (χ0v) is 11.7. The quantitative estimate of drug-likeness (QED) is 0.922. The fourth-order valence-corrected chi connectivity index (χ4v) is 1.82. The monoisotopic (exact) mass is 299 g/mol. The lowest BCUT2D eigenvalue weighted by Crippen LogP contribution is -2.12. The second kappa shape index (κ2) is 6.11. The van der Waals surface area contributed by atoms with Gasteiger partial charge in [0, 0.05) is 37.1 Å². The van der Waals surface area contributed by atoms with Gasteiger partial charge in [-0.2, -0.15) is 18.3 Å². The van der Waals surface area contributed by atoms with E-state index in [1.54, 1.807) is 10.9 Å². The summed E-state index contributed by atoms with van der Waals surface area (Å²) in [6.07, 6.45) is -0.196. The lowest BCUT2D eigenvalue weighted by atomic mass is 10.2. The molecule has 8 heteroatoms. The van der Waals surface area contributed by atoms with Gasteiger partial charge in [0.05, 0.1) is 12.2 Å². The first-order valence-corrected chi connectivity index (χ1v) is 6.47. The number of anilines is 1. The average molecular weight is 299 g/mol. The van der Waals surface area contributed by atoms with Crippen molar-refractivity contribution in [2.45, 2.75) is 32.0 Å². The molecule has 0 unspecified atom stereocenters. The third-order valence-electron chi connectivity index (χ3n) is 2.95. The molecule has 1 N–H and O–H groups in total. The van der Waals surface area contributed by atoms with Crippen molar-refractivity contribution in [1.29, 1.82) is 0 Å². The van der Waals surface area contributed by atoms with Crippen LogP contribution in [0.3, 0.4) is 0 Å². The van der Waals surface area contributed by atoms with Gasteiger partial charge in [0.1, 0.15) is 0 Å². The van der Waals surface area contributed by atoms with Crippen molar-refractivity contribution in [1.82, 2.24) is 19.7 Å². The predicted octanol–water partition coefficient (Wildman–Crippen LogP) is 2.88. The Morgan fingerprint density at radius 3 is 2.76 bits per heavy atom. The highest BCUT2D eigenvalue weighted by Gasteiger charge is 2.26. The molecule has 0 aromatic carbocycles. The number of rotatable bonds is 5. The number of aromatic nitrogens is 4. The lowest BCUT2D eigenvalue weighted by Gasteiger charge is -2.12. The van der Waals surface area contributed by atoms with Gasteiger partial charge in [-0.05, 0) is 19.4 Å². The Kier molecular flexibility index (Phi) is 4.44. The zero-order chi connectivity index (χ0) is 15.5. The highest BCUT2D eigenvalue weighted by Crippen LogP contribution is 2.22. The molecule has 1 atom stereocenters. The normalized spacial score (nSPS) is 13.2. The van der Waals surface area contributed by atoms with Gasteiger partial charge in [0.15, 0.2) is 0 Å². The summed E-state index contributed by atoms with van der Waals surface area (Å²) in [5.74, 6) is 0.311. The zero-order valence-electron chi connectivity index (χ0n) is 11.7. The molecule has 0 aliphatic carbocycles. The van der Waals surface area contributed by atoms with Gasteiger partial charge >= 0.3 is 6.18 Å². The van der Waals surface area contributed by atoms with Gasteiger partial charge in [-0.1, -0.05) is 0 Å². The number of nitrogens with one attached hydrogen (secondary N) is 1. The molecule has 0 saturated carbocycles. The maximum absolute atomic E-state index is 12.2. The summed E-state index contributed by atoms with van der Waals surface area (Å²) in [6.45, 7) is 1.91. The van der Waals surface area contributed by atoms with Crippen LogP contribution < -0.4 is 5.32 Å². The molecule has 5 nitrogen and oxygen atoms in total. The first-order valence-electron chi connectivity index (χ1n) is 6.47. The Morgan fingerprint density at radius 2 is 2.14 bits per heavy atom. The molecule has 0 bridgehead atoms. The van der Waals surface area contributed by atoms with E-state index < -0.39 is 12.6 Å². The summed E-state index contributed by atoms with van der Waals surface area (Å²) in [5.41, 5.74) is 1.31. The van der Waals surface area contributed by atoms with Crippen molar-refractivity contribution >= 4 is 5.95 Å². The van der Waals surface area contributed by atoms with Gasteiger partial charge in [-0.15, -0.1) is 0 Å². The Bertz CT molecular complexity index is 593. The van der Waals surface area contributed by atoms with Crippen molar-refractivity contribution in [3.05, 3.63) is 35.9 Å². The van der Waals surface area contributed by atoms with Crippen LogP contribution in [0.1, 0.15) is 30.6 Å². The van der Waals surface area contributed by atoms with Crippen molar-refractivity contribution in [2.24, 2.45) is 7.05 Å². The van der Waals surface area contributed by atoms with Gasteiger partial charge < -0.3 is 5.32 Å². The SMILES string of the molecule is C[C@H](Nc1nccc(CCC(F)(F)F)n1)c1cnn(C)c1. The minimum absolute atomic E-state index is 0.0865. The average Bonchev–Trinajstić information content (AvgIpc) is 2.83. The van der Waals surface area contributed by atoms with Gasteiger partial charge in [0.25, 0.3) is 0 Å². The second-order valence-corrected chi connectivity index (χ2v) is 4.80. The van der Waals surface area contributed by atoms with Crippen LogP contribution in [0.25, 0.3) is 0 Å². The van der Waals surface area contributed by atoms with Crippen molar-refractivity contribution in [2.75, 3.05) is 5.32 Å². The van der Waals surface area contributed by atoms with E-state index in [0.29, 0.717) is 11.6 Å². The molecule has 0 amide bonds. The third-order valence-corrected chi connectivity index (χ3v) is 2.95. The van der Waals surface area contributed by atoms with Crippen molar-refractivity contribution in [3.63, 3.8) is 0 Å². The smallest absolute Gasteiger partial charge is 0.348 e.